The Morgan fingerprint density at radius 3 is 2.94 bits per heavy atom. The second-order valence-electron chi connectivity index (χ2n) is 4.84. The van der Waals surface area contributed by atoms with E-state index < -0.39 is 6.10 Å². The molecular formula is C13H21BrN2O2. The number of hydrogen-bond acceptors (Lipinski definition) is 3. The zero-order valence-electron chi connectivity index (χ0n) is 11.0. The topological polar surface area (TPSA) is 47.3 Å². The largest absolute Gasteiger partial charge is 0.390 e. The molecular weight excluding hydrogens is 296 g/mol. The van der Waals surface area contributed by atoms with Crippen molar-refractivity contribution in [3.8, 4) is 0 Å². The molecule has 0 aliphatic carbocycles. The molecule has 0 saturated carbocycles. The molecule has 0 aromatic carbocycles. The lowest BCUT2D eigenvalue weighted by Crippen LogP contribution is -2.34. The van der Waals surface area contributed by atoms with Crippen LogP contribution < -0.4 is 0 Å². The van der Waals surface area contributed by atoms with Crippen molar-refractivity contribution >= 4 is 15.9 Å². The molecule has 1 saturated heterocycles. The van der Waals surface area contributed by atoms with Crippen molar-refractivity contribution in [1.29, 1.82) is 0 Å². The van der Waals surface area contributed by atoms with Gasteiger partial charge in [0.15, 0.2) is 0 Å². The van der Waals surface area contributed by atoms with Gasteiger partial charge >= 0.3 is 0 Å². The lowest BCUT2D eigenvalue weighted by molar-refractivity contribution is -0.0617. The van der Waals surface area contributed by atoms with E-state index in [4.69, 9.17) is 4.74 Å². The Bertz CT molecular complexity index is 400. The van der Waals surface area contributed by atoms with Crippen LogP contribution in [0.15, 0.2) is 4.47 Å². The van der Waals surface area contributed by atoms with Gasteiger partial charge in [0.2, 0.25) is 0 Å². The molecule has 0 bridgehead atoms. The summed E-state index contributed by atoms with van der Waals surface area (Å²) in [4.78, 5) is 0. The summed E-state index contributed by atoms with van der Waals surface area (Å²) >= 11 is 3.56. The Kier molecular flexibility index (Phi) is 4.81. The number of ether oxygens (including phenoxy) is 1. The first-order valence-corrected chi connectivity index (χ1v) is 7.44. The third-order valence-electron chi connectivity index (χ3n) is 3.50. The van der Waals surface area contributed by atoms with E-state index in [1.807, 2.05) is 11.6 Å². The zero-order chi connectivity index (χ0) is 13.1. The van der Waals surface area contributed by atoms with Gasteiger partial charge in [0.1, 0.15) is 0 Å². The maximum absolute atomic E-state index is 10.3. The molecule has 2 rings (SSSR count). The minimum atomic E-state index is -0.442. The summed E-state index contributed by atoms with van der Waals surface area (Å²) in [5, 5.41) is 14.7. The van der Waals surface area contributed by atoms with Crippen molar-refractivity contribution in [2.24, 2.45) is 0 Å². The van der Waals surface area contributed by atoms with Crippen LogP contribution in [0, 0.1) is 6.92 Å². The summed E-state index contributed by atoms with van der Waals surface area (Å²) in [6.45, 7) is 5.63. The Morgan fingerprint density at radius 1 is 1.56 bits per heavy atom. The lowest BCUT2D eigenvalue weighted by Gasteiger charge is -2.27. The van der Waals surface area contributed by atoms with Crippen LogP contribution in [0.2, 0.25) is 0 Å². The Labute approximate surface area is 116 Å². The number of hydrogen-bond donors (Lipinski definition) is 1. The number of aromatic nitrogens is 2. The number of aliphatic hydroxyl groups is 1. The first-order chi connectivity index (χ1) is 8.63. The van der Waals surface area contributed by atoms with Gasteiger partial charge in [0.05, 0.1) is 28.1 Å². The maximum atomic E-state index is 10.3. The summed E-state index contributed by atoms with van der Waals surface area (Å²) in [6.07, 6.45) is 3.35. The predicted octanol–water partition coefficient (Wildman–Crippen LogP) is 2.45. The molecule has 1 aromatic heterocycles. The standard InChI is InChI=1S/C13H21BrN2O2/c1-3-16-10(13(14)9(2)15-16)8-11(17)12-6-4-5-7-18-12/h11-12,17H,3-8H2,1-2H3. The fourth-order valence-corrected chi connectivity index (χ4v) is 2.91. The molecule has 0 spiro atoms. The minimum absolute atomic E-state index is 0.0221. The zero-order valence-corrected chi connectivity index (χ0v) is 12.6. The number of nitrogens with zero attached hydrogens (tertiary/aromatic N) is 2. The van der Waals surface area contributed by atoms with Gasteiger partial charge in [-0.1, -0.05) is 0 Å². The molecule has 2 unspecified atom stereocenters. The molecule has 1 fully saturated rings. The van der Waals surface area contributed by atoms with Crippen LogP contribution in [0.3, 0.4) is 0 Å². The monoisotopic (exact) mass is 316 g/mol. The highest BCUT2D eigenvalue weighted by atomic mass is 79.9. The van der Waals surface area contributed by atoms with E-state index in [2.05, 4.69) is 28.0 Å². The van der Waals surface area contributed by atoms with Crippen LogP contribution in [0.4, 0.5) is 0 Å². The van der Waals surface area contributed by atoms with E-state index in [1.54, 1.807) is 0 Å². The van der Waals surface area contributed by atoms with E-state index in [0.29, 0.717) is 6.42 Å². The molecule has 1 aromatic rings. The van der Waals surface area contributed by atoms with E-state index in [1.165, 1.54) is 0 Å². The summed E-state index contributed by atoms with van der Waals surface area (Å²) in [5.41, 5.74) is 2.04. The molecule has 2 atom stereocenters. The maximum Gasteiger partial charge on any atom is 0.0857 e. The van der Waals surface area contributed by atoms with Crippen molar-refractivity contribution < 1.29 is 9.84 Å². The van der Waals surface area contributed by atoms with E-state index in [-0.39, 0.29) is 6.10 Å². The Hall–Kier alpha value is -0.390. The number of aryl methyl sites for hydroxylation is 2. The van der Waals surface area contributed by atoms with Crippen LogP contribution >= 0.6 is 15.9 Å². The quantitative estimate of drug-likeness (QED) is 0.928. The lowest BCUT2D eigenvalue weighted by atomic mass is 10.0. The average molecular weight is 317 g/mol. The van der Waals surface area contributed by atoms with Crippen LogP contribution in [-0.2, 0) is 17.7 Å². The van der Waals surface area contributed by atoms with Gasteiger partial charge in [0.25, 0.3) is 0 Å². The molecule has 0 radical (unpaired) electrons. The third kappa shape index (κ3) is 2.95. The summed E-state index contributed by atoms with van der Waals surface area (Å²) in [6, 6.07) is 0. The molecule has 1 aliphatic rings. The van der Waals surface area contributed by atoms with Crippen LogP contribution in [-0.4, -0.2) is 33.7 Å². The van der Waals surface area contributed by atoms with Crippen LogP contribution in [0.25, 0.3) is 0 Å². The molecule has 4 nitrogen and oxygen atoms in total. The molecule has 1 aliphatic heterocycles. The second-order valence-corrected chi connectivity index (χ2v) is 5.63. The second kappa shape index (κ2) is 6.17. The van der Waals surface area contributed by atoms with Crippen LogP contribution in [0.1, 0.15) is 37.6 Å². The van der Waals surface area contributed by atoms with Gasteiger partial charge in [-0.3, -0.25) is 4.68 Å². The Balaban J connectivity index is 2.08. The average Bonchev–Trinajstić information content (AvgIpc) is 2.67. The Morgan fingerprint density at radius 2 is 2.33 bits per heavy atom. The normalized spacial score (nSPS) is 22.1. The van der Waals surface area contributed by atoms with Gasteiger partial charge < -0.3 is 9.84 Å². The highest BCUT2D eigenvalue weighted by Crippen LogP contribution is 2.25. The van der Waals surface area contributed by atoms with Crippen molar-refractivity contribution in [2.45, 2.75) is 58.3 Å². The summed E-state index contributed by atoms with van der Waals surface area (Å²) in [5.74, 6) is 0. The van der Waals surface area contributed by atoms with Gasteiger partial charge in [-0.25, -0.2) is 0 Å². The smallest absolute Gasteiger partial charge is 0.0857 e. The van der Waals surface area contributed by atoms with Crippen molar-refractivity contribution in [1.82, 2.24) is 9.78 Å². The summed E-state index contributed by atoms with van der Waals surface area (Å²) in [7, 11) is 0. The summed E-state index contributed by atoms with van der Waals surface area (Å²) < 4.78 is 8.60. The number of aliphatic hydroxyl groups excluding tert-OH is 1. The number of halogens is 1. The molecule has 1 N–H and O–H groups in total. The van der Waals surface area contributed by atoms with E-state index in [9.17, 15) is 5.11 Å². The highest BCUT2D eigenvalue weighted by Gasteiger charge is 2.25. The van der Waals surface area contributed by atoms with E-state index >= 15 is 0 Å². The molecule has 2 heterocycles. The van der Waals surface area contributed by atoms with Crippen molar-refractivity contribution in [3.63, 3.8) is 0 Å². The molecule has 102 valence electrons. The van der Waals surface area contributed by atoms with Crippen molar-refractivity contribution in [2.75, 3.05) is 6.61 Å². The first kappa shape index (κ1) is 14.0. The van der Waals surface area contributed by atoms with Gasteiger partial charge in [-0.2, -0.15) is 5.10 Å². The first-order valence-electron chi connectivity index (χ1n) is 6.65. The van der Waals surface area contributed by atoms with Crippen molar-refractivity contribution in [3.05, 3.63) is 15.9 Å². The third-order valence-corrected chi connectivity index (χ3v) is 4.53. The van der Waals surface area contributed by atoms with Crippen LogP contribution in [0.5, 0.6) is 0 Å². The number of rotatable bonds is 4. The van der Waals surface area contributed by atoms with E-state index in [0.717, 1.165) is 48.3 Å². The molecule has 18 heavy (non-hydrogen) atoms. The fraction of sp³-hybridized carbons (Fsp3) is 0.769. The molecule has 5 heteroatoms. The SMILES string of the molecule is CCn1nc(C)c(Br)c1CC(O)C1CCCCO1. The molecule has 0 amide bonds. The minimum Gasteiger partial charge on any atom is -0.390 e. The highest BCUT2D eigenvalue weighted by molar-refractivity contribution is 9.10. The van der Waals surface area contributed by atoms with Gasteiger partial charge in [0, 0.05) is 19.6 Å². The van der Waals surface area contributed by atoms with Gasteiger partial charge in [-0.05, 0) is 49.0 Å². The fourth-order valence-electron chi connectivity index (χ4n) is 2.46. The van der Waals surface area contributed by atoms with Gasteiger partial charge in [-0.15, -0.1) is 0 Å². The predicted molar refractivity (Wildman–Crippen MR) is 73.6 cm³/mol.